The fourth-order valence-electron chi connectivity index (χ4n) is 1.82. The predicted molar refractivity (Wildman–Crippen MR) is 66.6 cm³/mol. The van der Waals surface area contributed by atoms with Gasteiger partial charge in [-0.25, -0.2) is 8.42 Å². The Hall–Kier alpha value is -1.55. The number of sulfone groups is 1. The molecular weight excluding hydrogens is 222 g/mol. The quantitative estimate of drug-likeness (QED) is 0.868. The van der Waals surface area contributed by atoms with E-state index in [1.807, 2.05) is 31.3 Å². The van der Waals surface area contributed by atoms with Gasteiger partial charge in [0.05, 0.1) is 4.90 Å². The molecule has 2 aromatic carbocycles. The van der Waals surface area contributed by atoms with Crippen molar-refractivity contribution >= 4 is 26.3 Å². The van der Waals surface area contributed by atoms with Gasteiger partial charge in [0, 0.05) is 29.8 Å². The molecule has 2 rings (SSSR count). The van der Waals surface area contributed by atoms with Gasteiger partial charge in [-0.2, -0.15) is 0 Å². The maximum atomic E-state index is 11.6. The molecule has 0 heterocycles. The van der Waals surface area contributed by atoms with Crippen LogP contribution in [0.5, 0.6) is 0 Å². The maximum Gasteiger partial charge on any atom is 0.176 e. The summed E-state index contributed by atoms with van der Waals surface area (Å²) in [7, 11) is -1.36. The highest BCUT2D eigenvalue weighted by atomic mass is 32.2. The van der Waals surface area contributed by atoms with E-state index in [1.54, 1.807) is 12.1 Å². The van der Waals surface area contributed by atoms with E-state index in [0.717, 1.165) is 16.5 Å². The lowest BCUT2D eigenvalue weighted by atomic mass is 10.1. The number of hydrogen-bond acceptors (Lipinski definition) is 3. The van der Waals surface area contributed by atoms with Gasteiger partial charge in [-0.15, -0.1) is 0 Å². The molecule has 0 unspecified atom stereocenters. The number of anilines is 1. The Balaban J connectivity index is 2.90. The van der Waals surface area contributed by atoms with Crippen LogP contribution in [-0.4, -0.2) is 21.7 Å². The number of hydrogen-bond donors (Lipinski definition) is 1. The largest absolute Gasteiger partial charge is 0.388 e. The van der Waals surface area contributed by atoms with Gasteiger partial charge in [0.1, 0.15) is 0 Å². The van der Waals surface area contributed by atoms with Crippen LogP contribution in [0.25, 0.3) is 10.8 Å². The van der Waals surface area contributed by atoms with Gasteiger partial charge < -0.3 is 5.32 Å². The van der Waals surface area contributed by atoms with Crippen molar-refractivity contribution in [2.45, 2.75) is 4.90 Å². The highest BCUT2D eigenvalue weighted by Gasteiger charge is 2.12. The van der Waals surface area contributed by atoms with Gasteiger partial charge in [0.15, 0.2) is 9.84 Å². The van der Waals surface area contributed by atoms with E-state index in [0.29, 0.717) is 4.90 Å². The summed E-state index contributed by atoms with van der Waals surface area (Å²) in [6, 6.07) is 10.9. The Bertz CT molecular complexity index is 633. The second-order valence-corrected chi connectivity index (χ2v) is 5.66. The van der Waals surface area contributed by atoms with E-state index in [4.69, 9.17) is 0 Å². The van der Waals surface area contributed by atoms with E-state index in [9.17, 15) is 8.42 Å². The summed E-state index contributed by atoms with van der Waals surface area (Å²) in [5.74, 6) is 0. The topological polar surface area (TPSA) is 46.2 Å². The summed E-state index contributed by atoms with van der Waals surface area (Å²) in [6.45, 7) is 0. The van der Waals surface area contributed by atoms with E-state index in [2.05, 4.69) is 5.32 Å². The van der Waals surface area contributed by atoms with E-state index in [-0.39, 0.29) is 0 Å². The molecule has 0 aliphatic rings. The molecule has 3 nitrogen and oxygen atoms in total. The fraction of sp³-hybridized carbons (Fsp3) is 0.167. The van der Waals surface area contributed by atoms with Crippen molar-refractivity contribution in [2.75, 3.05) is 18.6 Å². The number of benzene rings is 2. The first-order valence-electron chi connectivity index (χ1n) is 4.93. The molecular formula is C12H13NO2S. The Kier molecular flexibility index (Phi) is 2.59. The van der Waals surface area contributed by atoms with Gasteiger partial charge in [-0.1, -0.05) is 24.3 Å². The molecule has 0 amide bonds. The van der Waals surface area contributed by atoms with Crippen molar-refractivity contribution < 1.29 is 8.42 Å². The number of nitrogens with one attached hydrogen (secondary N) is 1. The minimum atomic E-state index is -3.18. The molecule has 0 saturated carbocycles. The van der Waals surface area contributed by atoms with Crippen LogP contribution in [0, 0.1) is 0 Å². The lowest BCUT2D eigenvalue weighted by Crippen LogP contribution is -1.99. The molecule has 0 saturated heterocycles. The van der Waals surface area contributed by atoms with E-state index in [1.165, 1.54) is 6.26 Å². The Morgan fingerprint density at radius 1 is 1.00 bits per heavy atom. The van der Waals surface area contributed by atoms with Crippen molar-refractivity contribution in [3.63, 3.8) is 0 Å². The van der Waals surface area contributed by atoms with Crippen molar-refractivity contribution in [3.8, 4) is 0 Å². The van der Waals surface area contributed by atoms with Crippen LogP contribution in [0.4, 0.5) is 5.69 Å². The lowest BCUT2D eigenvalue weighted by Gasteiger charge is -2.08. The Labute approximate surface area is 95.0 Å². The van der Waals surface area contributed by atoms with Crippen LogP contribution in [0.1, 0.15) is 0 Å². The molecule has 2 aromatic rings. The Morgan fingerprint density at radius 2 is 1.62 bits per heavy atom. The van der Waals surface area contributed by atoms with E-state index < -0.39 is 9.84 Å². The number of fused-ring (bicyclic) bond motifs is 1. The molecule has 0 aliphatic carbocycles. The first kappa shape index (κ1) is 11.0. The molecule has 0 radical (unpaired) electrons. The smallest absolute Gasteiger partial charge is 0.176 e. The van der Waals surface area contributed by atoms with Gasteiger partial charge in [-0.05, 0) is 12.1 Å². The fourth-order valence-corrected chi connectivity index (χ4v) is 2.73. The summed E-state index contributed by atoms with van der Waals surface area (Å²) < 4.78 is 23.3. The highest BCUT2D eigenvalue weighted by molar-refractivity contribution is 7.91. The molecule has 0 atom stereocenters. The number of rotatable bonds is 2. The zero-order valence-electron chi connectivity index (χ0n) is 9.19. The third-order valence-electron chi connectivity index (χ3n) is 2.55. The lowest BCUT2D eigenvalue weighted by molar-refractivity contribution is 0.602. The van der Waals surface area contributed by atoms with Crippen LogP contribution >= 0.6 is 0 Å². The van der Waals surface area contributed by atoms with Gasteiger partial charge in [0.25, 0.3) is 0 Å². The molecule has 0 bridgehead atoms. The van der Waals surface area contributed by atoms with Crippen LogP contribution in [0.3, 0.4) is 0 Å². The summed E-state index contributed by atoms with van der Waals surface area (Å²) in [5.41, 5.74) is 0.933. The normalized spacial score (nSPS) is 11.6. The van der Waals surface area contributed by atoms with Crippen molar-refractivity contribution in [1.29, 1.82) is 0 Å². The zero-order chi connectivity index (χ0) is 11.8. The molecule has 84 valence electrons. The SMILES string of the molecule is CNc1cccc2c(S(C)(=O)=O)cccc12. The minimum absolute atomic E-state index is 0.377. The standard InChI is InChI=1S/C12H13NO2S/c1-13-11-7-3-6-10-9(11)5-4-8-12(10)16(2,14)15/h3-8,13H,1-2H3. The summed E-state index contributed by atoms with van der Waals surface area (Å²) in [4.78, 5) is 0.377. The highest BCUT2D eigenvalue weighted by Crippen LogP contribution is 2.28. The van der Waals surface area contributed by atoms with Crippen molar-refractivity contribution in [2.24, 2.45) is 0 Å². The third-order valence-corrected chi connectivity index (χ3v) is 3.71. The first-order valence-corrected chi connectivity index (χ1v) is 6.83. The average Bonchev–Trinajstić information content (AvgIpc) is 2.26. The van der Waals surface area contributed by atoms with Crippen LogP contribution in [0.15, 0.2) is 41.3 Å². The average molecular weight is 235 g/mol. The summed E-state index contributed by atoms with van der Waals surface area (Å²) in [6.07, 6.45) is 1.23. The summed E-state index contributed by atoms with van der Waals surface area (Å²) >= 11 is 0. The van der Waals surface area contributed by atoms with Crippen molar-refractivity contribution in [3.05, 3.63) is 36.4 Å². The van der Waals surface area contributed by atoms with Crippen LogP contribution < -0.4 is 5.32 Å². The van der Waals surface area contributed by atoms with Crippen molar-refractivity contribution in [1.82, 2.24) is 0 Å². The molecule has 0 spiro atoms. The third kappa shape index (κ3) is 1.76. The van der Waals surface area contributed by atoms with Crippen LogP contribution in [-0.2, 0) is 9.84 Å². The minimum Gasteiger partial charge on any atom is -0.388 e. The monoisotopic (exact) mass is 235 g/mol. The molecule has 0 aliphatic heterocycles. The van der Waals surface area contributed by atoms with Gasteiger partial charge in [-0.3, -0.25) is 0 Å². The predicted octanol–water partition coefficient (Wildman–Crippen LogP) is 2.29. The first-order chi connectivity index (χ1) is 7.54. The Morgan fingerprint density at radius 3 is 2.25 bits per heavy atom. The summed E-state index contributed by atoms with van der Waals surface area (Å²) in [5, 5.41) is 4.74. The maximum absolute atomic E-state index is 11.6. The zero-order valence-corrected chi connectivity index (χ0v) is 10.0. The molecule has 0 aromatic heterocycles. The molecule has 4 heteroatoms. The molecule has 16 heavy (non-hydrogen) atoms. The second kappa shape index (κ2) is 3.79. The van der Waals surface area contributed by atoms with E-state index >= 15 is 0 Å². The second-order valence-electron chi connectivity index (χ2n) is 3.68. The molecule has 0 fully saturated rings. The van der Waals surface area contributed by atoms with Crippen LogP contribution in [0.2, 0.25) is 0 Å². The van der Waals surface area contributed by atoms with Gasteiger partial charge >= 0.3 is 0 Å². The van der Waals surface area contributed by atoms with Gasteiger partial charge in [0.2, 0.25) is 0 Å². The molecule has 1 N–H and O–H groups in total.